The molecule has 6 nitrogen and oxygen atoms in total. The number of benzene rings is 2. The van der Waals surface area contributed by atoms with E-state index in [-0.39, 0.29) is 5.69 Å². The number of nitrogens with zero attached hydrogens (tertiary/aromatic N) is 1. The van der Waals surface area contributed by atoms with Crippen molar-refractivity contribution in [3.8, 4) is 5.75 Å². The highest BCUT2D eigenvalue weighted by molar-refractivity contribution is 9.10. The molecule has 0 radical (unpaired) electrons. The van der Waals surface area contributed by atoms with Gasteiger partial charge in [-0.05, 0) is 34.1 Å². The molecule has 0 fully saturated rings. The summed E-state index contributed by atoms with van der Waals surface area (Å²) >= 11 is 3.40. The van der Waals surface area contributed by atoms with Crippen LogP contribution >= 0.6 is 15.9 Å². The van der Waals surface area contributed by atoms with E-state index in [1.807, 2.05) is 6.07 Å². The summed E-state index contributed by atoms with van der Waals surface area (Å²) in [6, 6.07) is 9.76. The third kappa shape index (κ3) is 3.18. The highest BCUT2D eigenvalue weighted by atomic mass is 79.9. The van der Waals surface area contributed by atoms with Crippen LogP contribution in [0.4, 0.5) is 22.7 Å². The molecule has 2 rings (SSSR count). The summed E-state index contributed by atoms with van der Waals surface area (Å²) in [5, 5.41) is 13.9. The minimum atomic E-state index is -0.484. The fourth-order valence-electron chi connectivity index (χ4n) is 1.69. The molecule has 0 aliphatic rings. The number of nitrogen functional groups attached to an aromatic ring is 1. The highest BCUT2D eigenvalue weighted by Gasteiger charge is 2.10. The van der Waals surface area contributed by atoms with E-state index in [1.165, 1.54) is 12.1 Å². The fraction of sp³-hybridized carbons (Fsp3) is 0.0769. The molecule has 0 aliphatic carbocycles. The first kappa shape index (κ1) is 14.1. The van der Waals surface area contributed by atoms with E-state index in [1.54, 1.807) is 25.3 Å². The molecule has 0 atom stereocenters. The SMILES string of the molecule is COc1ccc(Br)c(Nc2cc(N)cc([N+](=O)[O-])c2)c1. The molecule has 0 unspecified atom stereocenters. The van der Waals surface area contributed by atoms with E-state index in [2.05, 4.69) is 21.2 Å². The number of methoxy groups -OCH3 is 1. The van der Waals surface area contributed by atoms with Crippen LogP contribution in [0.1, 0.15) is 0 Å². The molecule has 104 valence electrons. The Morgan fingerprint density at radius 1 is 1.30 bits per heavy atom. The molecular formula is C13H12BrN3O3. The summed E-state index contributed by atoms with van der Waals surface area (Å²) in [6.45, 7) is 0. The van der Waals surface area contributed by atoms with E-state index < -0.39 is 4.92 Å². The van der Waals surface area contributed by atoms with Crippen molar-refractivity contribution in [2.75, 3.05) is 18.2 Å². The van der Waals surface area contributed by atoms with Crippen molar-refractivity contribution in [3.63, 3.8) is 0 Å². The second-order valence-electron chi connectivity index (χ2n) is 4.04. The first-order valence-corrected chi connectivity index (χ1v) is 6.44. The van der Waals surface area contributed by atoms with Crippen molar-refractivity contribution in [2.45, 2.75) is 0 Å². The molecule has 3 N–H and O–H groups in total. The number of ether oxygens (including phenoxy) is 1. The van der Waals surface area contributed by atoms with Crippen LogP contribution in [0.2, 0.25) is 0 Å². The number of hydrogen-bond acceptors (Lipinski definition) is 5. The number of rotatable bonds is 4. The largest absolute Gasteiger partial charge is 0.497 e. The molecule has 0 saturated heterocycles. The Kier molecular flexibility index (Phi) is 4.09. The van der Waals surface area contributed by atoms with Crippen LogP contribution < -0.4 is 15.8 Å². The molecule has 0 saturated carbocycles. The quantitative estimate of drug-likeness (QED) is 0.504. The number of anilines is 3. The van der Waals surface area contributed by atoms with Gasteiger partial charge in [-0.3, -0.25) is 10.1 Å². The molecule has 2 aromatic rings. The maximum Gasteiger partial charge on any atom is 0.273 e. The van der Waals surface area contributed by atoms with Crippen molar-refractivity contribution >= 4 is 38.7 Å². The lowest BCUT2D eigenvalue weighted by Crippen LogP contribution is -1.97. The van der Waals surface area contributed by atoms with Crippen LogP contribution in [-0.2, 0) is 0 Å². The summed E-state index contributed by atoms with van der Waals surface area (Å²) in [5.41, 5.74) is 7.18. The second-order valence-corrected chi connectivity index (χ2v) is 4.90. The van der Waals surface area contributed by atoms with Crippen LogP contribution in [0.25, 0.3) is 0 Å². The topological polar surface area (TPSA) is 90.4 Å². The van der Waals surface area contributed by atoms with Gasteiger partial charge in [-0.2, -0.15) is 0 Å². The first-order valence-electron chi connectivity index (χ1n) is 5.65. The number of nitro benzene ring substituents is 1. The van der Waals surface area contributed by atoms with Crippen LogP contribution in [0, 0.1) is 10.1 Å². The molecule has 7 heteroatoms. The number of hydrogen-bond donors (Lipinski definition) is 2. The van der Waals surface area contributed by atoms with E-state index in [0.29, 0.717) is 17.1 Å². The molecule has 0 spiro atoms. The van der Waals surface area contributed by atoms with Gasteiger partial charge in [0.1, 0.15) is 5.75 Å². The molecule has 0 amide bonds. The standard InChI is InChI=1S/C13H12BrN3O3/c1-20-11-2-3-12(14)13(7-11)16-9-4-8(15)5-10(6-9)17(18)19/h2-7,16H,15H2,1H3. The van der Waals surface area contributed by atoms with Crippen molar-refractivity contribution in [1.29, 1.82) is 0 Å². The molecule has 0 aromatic heterocycles. The molecule has 0 heterocycles. The first-order chi connectivity index (χ1) is 9.49. The third-order valence-electron chi connectivity index (χ3n) is 2.60. The summed E-state index contributed by atoms with van der Waals surface area (Å²) in [7, 11) is 1.57. The van der Waals surface area contributed by atoms with Gasteiger partial charge >= 0.3 is 0 Å². The van der Waals surface area contributed by atoms with Crippen LogP contribution in [-0.4, -0.2) is 12.0 Å². The average Bonchev–Trinajstić information content (AvgIpc) is 2.40. The number of halogens is 1. The van der Waals surface area contributed by atoms with Gasteiger partial charge in [0.2, 0.25) is 0 Å². The van der Waals surface area contributed by atoms with Crippen LogP contribution in [0.5, 0.6) is 5.75 Å². The van der Waals surface area contributed by atoms with E-state index >= 15 is 0 Å². The Balaban J connectivity index is 2.36. The molecule has 0 aliphatic heterocycles. The minimum absolute atomic E-state index is 0.0634. The lowest BCUT2D eigenvalue weighted by Gasteiger charge is -2.11. The molecule has 0 bridgehead atoms. The number of nitrogens with one attached hydrogen (secondary N) is 1. The maximum atomic E-state index is 10.8. The summed E-state index contributed by atoms with van der Waals surface area (Å²) in [6.07, 6.45) is 0. The maximum absolute atomic E-state index is 10.8. The molecule has 20 heavy (non-hydrogen) atoms. The van der Waals surface area contributed by atoms with Crippen molar-refractivity contribution in [3.05, 3.63) is 51.0 Å². The Labute approximate surface area is 123 Å². The Bertz CT molecular complexity index is 661. The zero-order chi connectivity index (χ0) is 14.7. The Morgan fingerprint density at radius 3 is 2.70 bits per heavy atom. The van der Waals surface area contributed by atoms with Crippen molar-refractivity contribution < 1.29 is 9.66 Å². The van der Waals surface area contributed by atoms with E-state index in [4.69, 9.17) is 10.5 Å². The van der Waals surface area contributed by atoms with Gasteiger partial charge in [-0.1, -0.05) is 0 Å². The number of nitro groups is 1. The van der Waals surface area contributed by atoms with Gasteiger partial charge in [0.15, 0.2) is 0 Å². The predicted octanol–water partition coefficient (Wildman–Crippen LogP) is 3.69. The van der Waals surface area contributed by atoms with E-state index in [9.17, 15) is 10.1 Å². The average molecular weight is 338 g/mol. The highest BCUT2D eigenvalue weighted by Crippen LogP contribution is 2.31. The van der Waals surface area contributed by atoms with Gasteiger partial charge in [0.25, 0.3) is 5.69 Å². The zero-order valence-corrected chi connectivity index (χ0v) is 12.2. The summed E-state index contributed by atoms with van der Waals surface area (Å²) in [4.78, 5) is 10.3. The summed E-state index contributed by atoms with van der Waals surface area (Å²) < 4.78 is 5.95. The van der Waals surface area contributed by atoms with Crippen molar-refractivity contribution in [2.24, 2.45) is 0 Å². The normalized spacial score (nSPS) is 10.1. The Morgan fingerprint density at radius 2 is 2.05 bits per heavy atom. The van der Waals surface area contributed by atoms with E-state index in [0.717, 1.165) is 10.2 Å². The molecular weight excluding hydrogens is 326 g/mol. The third-order valence-corrected chi connectivity index (χ3v) is 3.29. The van der Waals surface area contributed by atoms with Gasteiger partial charge in [-0.15, -0.1) is 0 Å². The summed E-state index contributed by atoms with van der Waals surface area (Å²) in [5.74, 6) is 0.675. The fourth-order valence-corrected chi connectivity index (χ4v) is 2.04. The Hall–Kier alpha value is -2.28. The molecule has 2 aromatic carbocycles. The lowest BCUT2D eigenvalue weighted by molar-refractivity contribution is -0.384. The van der Waals surface area contributed by atoms with Gasteiger partial charge in [0, 0.05) is 34.0 Å². The smallest absolute Gasteiger partial charge is 0.273 e. The minimum Gasteiger partial charge on any atom is -0.497 e. The van der Waals surface area contributed by atoms with Gasteiger partial charge < -0.3 is 15.8 Å². The van der Waals surface area contributed by atoms with Gasteiger partial charge in [-0.25, -0.2) is 0 Å². The lowest BCUT2D eigenvalue weighted by atomic mass is 10.2. The van der Waals surface area contributed by atoms with Gasteiger partial charge in [0.05, 0.1) is 17.7 Å². The van der Waals surface area contributed by atoms with Crippen LogP contribution in [0.3, 0.4) is 0 Å². The zero-order valence-electron chi connectivity index (χ0n) is 10.6. The predicted molar refractivity (Wildman–Crippen MR) is 81.5 cm³/mol. The monoisotopic (exact) mass is 337 g/mol. The number of non-ortho nitro benzene ring substituents is 1. The second kappa shape index (κ2) is 5.79. The van der Waals surface area contributed by atoms with Crippen LogP contribution in [0.15, 0.2) is 40.9 Å². The number of nitrogens with two attached hydrogens (primary N) is 1. The van der Waals surface area contributed by atoms with Crippen molar-refractivity contribution in [1.82, 2.24) is 0 Å².